The average molecular weight is 320 g/mol. The van der Waals surface area contributed by atoms with E-state index in [2.05, 4.69) is 28.1 Å². The highest BCUT2D eigenvalue weighted by Gasteiger charge is 2.35. The SMILES string of the molecule is COc1ccccc1Nc1cc(C#N)c2c(c1)[C@@H]1CNCC[C@@H]1N2. The summed E-state index contributed by atoms with van der Waals surface area (Å²) in [5.74, 6) is 1.20. The molecule has 2 heterocycles. The zero-order valence-corrected chi connectivity index (χ0v) is 13.6. The van der Waals surface area contributed by atoms with Crippen LogP contribution in [0.5, 0.6) is 5.75 Å². The Morgan fingerprint density at radius 2 is 2.17 bits per heavy atom. The summed E-state index contributed by atoms with van der Waals surface area (Å²) in [7, 11) is 1.66. The number of ether oxygens (including phenoxy) is 1. The lowest BCUT2D eigenvalue weighted by atomic mass is 9.89. The number of nitrogens with zero attached hydrogens (tertiary/aromatic N) is 1. The molecule has 4 rings (SSSR count). The van der Waals surface area contributed by atoms with E-state index in [0.717, 1.165) is 42.3 Å². The van der Waals surface area contributed by atoms with Crippen LogP contribution < -0.4 is 20.7 Å². The monoisotopic (exact) mass is 320 g/mol. The number of para-hydroxylation sites is 2. The fraction of sp³-hybridized carbons (Fsp3) is 0.316. The molecule has 2 aromatic rings. The molecule has 0 spiro atoms. The zero-order valence-electron chi connectivity index (χ0n) is 13.6. The predicted molar refractivity (Wildman–Crippen MR) is 95.1 cm³/mol. The lowest BCUT2D eigenvalue weighted by molar-refractivity contribution is 0.417. The minimum Gasteiger partial charge on any atom is -0.495 e. The van der Waals surface area contributed by atoms with Crippen molar-refractivity contribution in [3.8, 4) is 11.8 Å². The summed E-state index contributed by atoms with van der Waals surface area (Å²) < 4.78 is 5.40. The van der Waals surface area contributed by atoms with E-state index in [1.54, 1.807) is 7.11 Å². The van der Waals surface area contributed by atoms with Gasteiger partial charge in [-0.3, -0.25) is 0 Å². The van der Waals surface area contributed by atoms with Crippen molar-refractivity contribution in [1.82, 2.24) is 5.32 Å². The minimum absolute atomic E-state index is 0.417. The highest BCUT2D eigenvalue weighted by atomic mass is 16.5. The highest BCUT2D eigenvalue weighted by Crippen LogP contribution is 2.42. The van der Waals surface area contributed by atoms with Gasteiger partial charge in [0.25, 0.3) is 0 Å². The van der Waals surface area contributed by atoms with Gasteiger partial charge in [0.1, 0.15) is 11.8 Å². The highest BCUT2D eigenvalue weighted by molar-refractivity contribution is 5.76. The van der Waals surface area contributed by atoms with Gasteiger partial charge < -0.3 is 20.7 Å². The molecule has 5 nitrogen and oxygen atoms in total. The van der Waals surface area contributed by atoms with Crippen LogP contribution in [-0.4, -0.2) is 26.2 Å². The maximum absolute atomic E-state index is 9.57. The van der Waals surface area contributed by atoms with E-state index < -0.39 is 0 Å². The van der Waals surface area contributed by atoms with E-state index in [9.17, 15) is 5.26 Å². The molecule has 2 aromatic carbocycles. The number of nitrogens with one attached hydrogen (secondary N) is 3. The van der Waals surface area contributed by atoms with Crippen molar-refractivity contribution in [2.24, 2.45) is 0 Å². The van der Waals surface area contributed by atoms with Gasteiger partial charge in [0.15, 0.2) is 0 Å². The Morgan fingerprint density at radius 1 is 1.29 bits per heavy atom. The van der Waals surface area contributed by atoms with E-state index in [1.165, 1.54) is 5.56 Å². The largest absolute Gasteiger partial charge is 0.495 e. The second kappa shape index (κ2) is 6.06. The average Bonchev–Trinajstić information content (AvgIpc) is 3.00. The first-order valence-corrected chi connectivity index (χ1v) is 8.25. The third-order valence-corrected chi connectivity index (χ3v) is 4.89. The molecule has 24 heavy (non-hydrogen) atoms. The summed E-state index contributed by atoms with van der Waals surface area (Å²) in [5.41, 5.74) is 4.74. The molecule has 5 heteroatoms. The molecule has 1 saturated heterocycles. The molecule has 122 valence electrons. The molecule has 0 aliphatic carbocycles. The van der Waals surface area contributed by atoms with Crippen LogP contribution in [-0.2, 0) is 0 Å². The van der Waals surface area contributed by atoms with Gasteiger partial charge in [-0.25, -0.2) is 0 Å². The van der Waals surface area contributed by atoms with Crippen LogP contribution in [0.3, 0.4) is 0 Å². The van der Waals surface area contributed by atoms with Crippen molar-refractivity contribution in [3.05, 3.63) is 47.5 Å². The number of hydrogen-bond acceptors (Lipinski definition) is 5. The molecule has 0 saturated carbocycles. The van der Waals surface area contributed by atoms with Crippen molar-refractivity contribution < 1.29 is 4.74 Å². The Hall–Kier alpha value is -2.71. The quantitative estimate of drug-likeness (QED) is 0.810. The molecule has 0 aromatic heterocycles. The first-order valence-electron chi connectivity index (χ1n) is 8.25. The van der Waals surface area contributed by atoms with Gasteiger partial charge in [0.2, 0.25) is 0 Å². The van der Waals surface area contributed by atoms with E-state index in [0.29, 0.717) is 17.5 Å². The third-order valence-electron chi connectivity index (χ3n) is 4.89. The molecule has 0 amide bonds. The van der Waals surface area contributed by atoms with Gasteiger partial charge in [-0.15, -0.1) is 0 Å². The molecule has 2 aliphatic rings. The van der Waals surface area contributed by atoms with Crippen LogP contribution in [0.25, 0.3) is 0 Å². The number of nitriles is 1. The van der Waals surface area contributed by atoms with Crippen LogP contribution in [0, 0.1) is 11.3 Å². The number of methoxy groups -OCH3 is 1. The van der Waals surface area contributed by atoms with Gasteiger partial charge in [0, 0.05) is 24.2 Å². The van der Waals surface area contributed by atoms with Crippen molar-refractivity contribution in [2.45, 2.75) is 18.4 Å². The topological polar surface area (TPSA) is 69.1 Å². The maximum Gasteiger partial charge on any atom is 0.142 e. The van der Waals surface area contributed by atoms with Gasteiger partial charge in [-0.1, -0.05) is 12.1 Å². The van der Waals surface area contributed by atoms with Crippen LogP contribution in [0.15, 0.2) is 36.4 Å². The zero-order chi connectivity index (χ0) is 16.5. The summed E-state index contributed by atoms with van der Waals surface area (Å²) in [6.07, 6.45) is 1.08. The molecule has 1 fully saturated rings. The summed E-state index contributed by atoms with van der Waals surface area (Å²) in [4.78, 5) is 0. The van der Waals surface area contributed by atoms with Gasteiger partial charge in [-0.05, 0) is 42.8 Å². The molecule has 0 bridgehead atoms. The Morgan fingerprint density at radius 3 is 3.00 bits per heavy atom. The number of hydrogen-bond donors (Lipinski definition) is 3. The molecule has 0 unspecified atom stereocenters. The smallest absolute Gasteiger partial charge is 0.142 e. The summed E-state index contributed by atoms with van der Waals surface area (Å²) in [5, 5.41) is 20.0. The number of anilines is 3. The van der Waals surface area contributed by atoms with E-state index >= 15 is 0 Å². The van der Waals surface area contributed by atoms with Gasteiger partial charge in [-0.2, -0.15) is 5.26 Å². The van der Waals surface area contributed by atoms with Crippen molar-refractivity contribution >= 4 is 17.1 Å². The van der Waals surface area contributed by atoms with Crippen LogP contribution in [0.1, 0.15) is 23.5 Å². The number of piperidine rings is 1. The molecule has 2 atom stereocenters. The maximum atomic E-state index is 9.57. The molecular formula is C19H20N4O. The Bertz CT molecular complexity index is 811. The lowest BCUT2D eigenvalue weighted by Gasteiger charge is -2.26. The second-order valence-electron chi connectivity index (χ2n) is 6.28. The Kier molecular flexibility index (Phi) is 3.75. The standard InChI is InChI=1S/C19H20N4O/c1-24-18-5-3-2-4-17(18)22-13-8-12(10-20)19-14(9-13)15-11-21-7-6-16(15)23-19/h2-5,8-9,15-16,21-23H,6-7,11H2,1H3/t15-,16-/m0/s1. The number of benzene rings is 2. The Balaban J connectivity index is 1.72. The van der Waals surface area contributed by atoms with E-state index in [1.807, 2.05) is 30.3 Å². The van der Waals surface area contributed by atoms with Crippen LogP contribution in [0.4, 0.5) is 17.1 Å². The fourth-order valence-electron chi connectivity index (χ4n) is 3.73. The van der Waals surface area contributed by atoms with Crippen molar-refractivity contribution in [3.63, 3.8) is 0 Å². The summed E-state index contributed by atoms with van der Waals surface area (Å²) in [6, 6.07) is 14.6. The molecular weight excluding hydrogens is 300 g/mol. The van der Waals surface area contributed by atoms with E-state index in [-0.39, 0.29) is 0 Å². The molecule has 3 N–H and O–H groups in total. The molecule has 2 aliphatic heterocycles. The summed E-state index contributed by atoms with van der Waals surface area (Å²) >= 11 is 0. The Labute approximate surface area is 141 Å². The number of fused-ring (bicyclic) bond motifs is 3. The normalized spacial score (nSPS) is 21.2. The van der Waals surface area contributed by atoms with Gasteiger partial charge in [0.05, 0.1) is 24.0 Å². The predicted octanol–water partition coefficient (Wildman–Crippen LogP) is 3.18. The minimum atomic E-state index is 0.417. The van der Waals surface area contributed by atoms with E-state index in [4.69, 9.17) is 4.74 Å². The number of rotatable bonds is 3. The summed E-state index contributed by atoms with van der Waals surface area (Å²) in [6.45, 7) is 1.98. The van der Waals surface area contributed by atoms with Gasteiger partial charge >= 0.3 is 0 Å². The third kappa shape index (κ3) is 2.45. The van der Waals surface area contributed by atoms with Crippen molar-refractivity contribution in [1.29, 1.82) is 5.26 Å². The van der Waals surface area contributed by atoms with Crippen LogP contribution >= 0.6 is 0 Å². The first kappa shape index (κ1) is 14.9. The molecule has 0 radical (unpaired) electrons. The fourth-order valence-corrected chi connectivity index (χ4v) is 3.73. The first-order chi connectivity index (χ1) is 11.8. The van der Waals surface area contributed by atoms with Crippen molar-refractivity contribution in [2.75, 3.05) is 30.8 Å². The van der Waals surface area contributed by atoms with Crippen LogP contribution in [0.2, 0.25) is 0 Å². The second-order valence-corrected chi connectivity index (χ2v) is 6.28. The lowest BCUT2D eigenvalue weighted by Crippen LogP contribution is -2.38.